The Morgan fingerprint density at radius 2 is 1.88 bits per heavy atom. The highest BCUT2D eigenvalue weighted by atomic mass is 16.5. The summed E-state index contributed by atoms with van der Waals surface area (Å²) in [6.45, 7) is 4.31. The second kappa shape index (κ2) is 6.89. The van der Waals surface area contributed by atoms with E-state index in [1.54, 1.807) is 0 Å². The number of carbonyl (C=O) groups excluding carboxylic acids is 1. The van der Waals surface area contributed by atoms with Crippen LogP contribution in [0.3, 0.4) is 0 Å². The molecule has 0 aliphatic carbocycles. The number of aryl methyl sites for hydroxylation is 2. The van der Waals surface area contributed by atoms with Crippen molar-refractivity contribution in [1.29, 1.82) is 0 Å². The van der Waals surface area contributed by atoms with Crippen LogP contribution in [0.5, 0.6) is 0 Å². The summed E-state index contributed by atoms with van der Waals surface area (Å²) in [4.78, 5) is 15.4. The standard InChI is InChI=1S/C20H22N2O2/c1-13-7-14(2)9-15(8-13)12-24-20(23)18(21)10-16-11-22-19-6-4-3-5-17(16)19/h3-9,11,18,22H,10,12,21H2,1-2H3/t18-/m0/s1. The fourth-order valence-corrected chi connectivity index (χ4v) is 3.03. The van der Waals surface area contributed by atoms with Crippen LogP contribution in [-0.4, -0.2) is 17.0 Å². The van der Waals surface area contributed by atoms with Crippen LogP contribution in [-0.2, 0) is 22.6 Å². The monoisotopic (exact) mass is 322 g/mol. The van der Waals surface area contributed by atoms with E-state index in [0.717, 1.165) is 33.2 Å². The number of nitrogens with one attached hydrogen (secondary N) is 1. The molecular formula is C20H22N2O2. The quantitative estimate of drug-likeness (QED) is 0.707. The molecule has 4 nitrogen and oxygen atoms in total. The molecule has 4 heteroatoms. The number of ether oxygens (including phenoxy) is 1. The average Bonchev–Trinajstić information content (AvgIpc) is 2.95. The fraction of sp³-hybridized carbons (Fsp3) is 0.250. The number of para-hydroxylation sites is 1. The molecule has 0 amide bonds. The molecule has 2 aromatic carbocycles. The van der Waals surface area contributed by atoms with E-state index >= 15 is 0 Å². The van der Waals surface area contributed by atoms with Crippen LogP contribution < -0.4 is 5.73 Å². The SMILES string of the molecule is Cc1cc(C)cc(COC(=O)[C@@H](N)Cc2c[nH]c3ccccc23)c1. The zero-order valence-electron chi connectivity index (χ0n) is 14.0. The molecule has 124 valence electrons. The van der Waals surface area contributed by atoms with Crippen molar-refractivity contribution in [3.63, 3.8) is 0 Å². The van der Waals surface area contributed by atoms with Crippen LogP contribution in [0.1, 0.15) is 22.3 Å². The minimum absolute atomic E-state index is 0.253. The van der Waals surface area contributed by atoms with Gasteiger partial charge in [-0.05, 0) is 31.0 Å². The Balaban J connectivity index is 1.62. The molecule has 0 saturated heterocycles. The zero-order chi connectivity index (χ0) is 17.1. The Hall–Kier alpha value is -2.59. The Bertz CT molecular complexity index is 847. The number of rotatable bonds is 5. The minimum Gasteiger partial charge on any atom is -0.460 e. The van der Waals surface area contributed by atoms with Crippen molar-refractivity contribution in [2.75, 3.05) is 0 Å². The van der Waals surface area contributed by atoms with E-state index < -0.39 is 6.04 Å². The van der Waals surface area contributed by atoms with Gasteiger partial charge in [0.2, 0.25) is 0 Å². The maximum Gasteiger partial charge on any atom is 0.323 e. The highest BCUT2D eigenvalue weighted by Crippen LogP contribution is 2.19. The average molecular weight is 322 g/mol. The Morgan fingerprint density at radius 1 is 1.17 bits per heavy atom. The Kier molecular flexibility index (Phi) is 4.67. The number of benzene rings is 2. The van der Waals surface area contributed by atoms with Crippen molar-refractivity contribution < 1.29 is 9.53 Å². The van der Waals surface area contributed by atoms with Crippen LogP contribution in [0.4, 0.5) is 0 Å². The van der Waals surface area contributed by atoms with E-state index in [2.05, 4.69) is 11.1 Å². The Labute approximate surface area is 141 Å². The minimum atomic E-state index is -0.671. The van der Waals surface area contributed by atoms with Crippen molar-refractivity contribution in [2.24, 2.45) is 5.73 Å². The molecular weight excluding hydrogens is 300 g/mol. The van der Waals surface area contributed by atoms with Gasteiger partial charge in [0, 0.05) is 23.5 Å². The number of aromatic nitrogens is 1. The Morgan fingerprint density at radius 3 is 2.62 bits per heavy atom. The van der Waals surface area contributed by atoms with Gasteiger partial charge in [-0.3, -0.25) is 4.79 Å². The van der Waals surface area contributed by atoms with Gasteiger partial charge in [-0.2, -0.15) is 0 Å². The summed E-state index contributed by atoms with van der Waals surface area (Å²) in [6, 6.07) is 13.4. The first kappa shape index (κ1) is 16.3. The highest BCUT2D eigenvalue weighted by molar-refractivity contribution is 5.84. The third-order valence-corrected chi connectivity index (χ3v) is 4.08. The summed E-state index contributed by atoms with van der Waals surface area (Å²) < 4.78 is 5.39. The number of hydrogen-bond donors (Lipinski definition) is 2. The van der Waals surface area contributed by atoms with Gasteiger partial charge in [0.1, 0.15) is 12.6 Å². The summed E-state index contributed by atoms with van der Waals surface area (Å²) in [7, 11) is 0. The molecule has 3 rings (SSSR count). The molecule has 0 fully saturated rings. The first-order valence-electron chi connectivity index (χ1n) is 8.07. The number of hydrogen-bond acceptors (Lipinski definition) is 3. The molecule has 3 N–H and O–H groups in total. The molecule has 3 aromatic rings. The molecule has 0 unspecified atom stereocenters. The summed E-state index contributed by atoms with van der Waals surface area (Å²) in [5.41, 5.74) is 11.4. The second-order valence-corrected chi connectivity index (χ2v) is 6.27. The lowest BCUT2D eigenvalue weighted by molar-refractivity contribution is -0.146. The summed E-state index contributed by atoms with van der Waals surface area (Å²) in [6.07, 6.45) is 2.36. The normalized spacial score (nSPS) is 12.3. The summed E-state index contributed by atoms with van der Waals surface area (Å²) >= 11 is 0. The lowest BCUT2D eigenvalue weighted by Gasteiger charge is -2.12. The molecule has 1 heterocycles. The van der Waals surface area contributed by atoms with E-state index in [1.165, 1.54) is 0 Å². The van der Waals surface area contributed by atoms with Gasteiger partial charge in [0.05, 0.1) is 0 Å². The number of fused-ring (bicyclic) bond motifs is 1. The molecule has 1 aromatic heterocycles. The number of nitrogens with two attached hydrogens (primary N) is 1. The van der Waals surface area contributed by atoms with Crippen LogP contribution in [0.25, 0.3) is 10.9 Å². The first-order valence-corrected chi connectivity index (χ1v) is 8.07. The molecule has 0 radical (unpaired) electrons. The van der Waals surface area contributed by atoms with Crippen LogP contribution >= 0.6 is 0 Å². The van der Waals surface area contributed by atoms with Gasteiger partial charge < -0.3 is 15.5 Å². The number of esters is 1. The number of carbonyl (C=O) groups is 1. The zero-order valence-corrected chi connectivity index (χ0v) is 14.0. The van der Waals surface area contributed by atoms with E-state index in [-0.39, 0.29) is 12.6 Å². The smallest absolute Gasteiger partial charge is 0.323 e. The molecule has 0 aliphatic rings. The van der Waals surface area contributed by atoms with Gasteiger partial charge in [-0.15, -0.1) is 0 Å². The van der Waals surface area contributed by atoms with E-state index in [4.69, 9.17) is 10.5 Å². The largest absolute Gasteiger partial charge is 0.460 e. The van der Waals surface area contributed by atoms with E-state index in [9.17, 15) is 4.79 Å². The van der Waals surface area contributed by atoms with E-state index in [0.29, 0.717) is 6.42 Å². The molecule has 24 heavy (non-hydrogen) atoms. The third kappa shape index (κ3) is 3.66. The maximum atomic E-state index is 12.2. The lowest BCUT2D eigenvalue weighted by Crippen LogP contribution is -2.34. The van der Waals surface area contributed by atoms with E-state index in [1.807, 2.05) is 56.4 Å². The molecule has 1 atom stereocenters. The van der Waals surface area contributed by atoms with Crippen molar-refractivity contribution in [3.05, 3.63) is 70.9 Å². The van der Waals surface area contributed by atoms with Gasteiger partial charge >= 0.3 is 5.97 Å². The maximum absolute atomic E-state index is 12.2. The fourth-order valence-electron chi connectivity index (χ4n) is 3.03. The van der Waals surface area contributed by atoms with Gasteiger partial charge in [-0.1, -0.05) is 47.5 Å². The van der Waals surface area contributed by atoms with Crippen molar-refractivity contribution >= 4 is 16.9 Å². The summed E-state index contributed by atoms with van der Waals surface area (Å²) in [5.74, 6) is -0.376. The predicted octanol–water partition coefficient (Wildman–Crippen LogP) is 3.40. The molecule has 0 bridgehead atoms. The van der Waals surface area contributed by atoms with Gasteiger partial charge in [0.25, 0.3) is 0 Å². The van der Waals surface area contributed by atoms with Crippen LogP contribution in [0.2, 0.25) is 0 Å². The van der Waals surface area contributed by atoms with Gasteiger partial charge in [0.15, 0.2) is 0 Å². The van der Waals surface area contributed by atoms with Crippen LogP contribution in [0, 0.1) is 13.8 Å². The molecule has 0 saturated carbocycles. The number of aromatic amines is 1. The van der Waals surface area contributed by atoms with Crippen LogP contribution in [0.15, 0.2) is 48.7 Å². The molecule has 0 spiro atoms. The van der Waals surface area contributed by atoms with Crippen molar-refractivity contribution in [1.82, 2.24) is 4.98 Å². The predicted molar refractivity (Wildman–Crippen MR) is 95.7 cm³/mol. The first-order chi connectivity index (χ1) is 11.5. The lowest BCUT2D eigenvalue weighted by atomic mass is 10.1. The van der Waals surface area contributed by atoms with Crippen molar-refractivity contribution in [3.8, 4) is 0 Å². The molecule has 0 aliphatic heterocycles. The third-order valence-electron chi connectivity index (χ3n) is 4.08. The van der Waals surface area contributed by atoms with Gasteiger partial charge in [-0.25, -0.2) is 0 Å². The second-order valence-electron chi connectivity index (χ2n) is 6.27. The topological polar surface area (TPSA) is 68.1 Å². The number of H-pyrrole nitrogens is 1. The highest BCUT2D eigenvalue weighted by Gasteiger charge is 2.17. The summed E-state index contributed by atoms with van der Waals surface area (Å²) in [5, 5.41) is 1.09. The van der Waals surface area contributed by atoms with Crippen molar-refractivity contribution in [2.45, 2.75) is 32.9 Å².